The molecular weight excluding hydrogens is 196 g/mol. The fraction of sp³-hybridized carbons (Fsp3) is 0.571. The summed E-state index contributed by atoms with van der Waals surface area (Å²) in [6, 6.07) is 10.8. The molecule has 0 bridgehead atoms. The molecular formula is C14H22N2. The van der Waals surface area contributed by atoms with Crippen LogP contribution in [0.3, 0.4) is 0 Å². The van der Waals surface area contributed by atoms with Gasteiger partial charge >= 0.3 is 0 Å². The van der Waals surface area contributed by atoms with Crippen LogP contribution >= 0.6 is 0 Å². The fourth-order valence-electron chi connectivity index (χ4n) is 2.48. The Morgan fingerprint density at radius 2 is 1.81 bits per heavy atom. The minimum absolute atomic E-state index is 0.906. The van der Waals surface area contributed by atoms with Gasteiger partial charge in [0.15, 0.2) is 0 Å². The molecule has 1 heterocycles. The highest BCUT2D eigenvalue weighted by Gasteiger charge is 2.16. The van der Waals surface area contributed by atoms with Gasteiger partial charge in [-0.25, -0.2) is 5.01 Å². The van der Waals surface area contributed by atoms with Gasteiger partial charge in [-0.1, -0.05) is 36.8 Å². The molecule has 0 unspecified atom stereocenters. The Balaban J connectivity index is 1.65. The van der Waals surface area contributed by atoms with E-state index in [1.54, 1.807) is 0 Å². The Morgan fingerprint density at radius 1 is 1.12 bits per heavy atom. The van der Waals surface area contributed by atoms with Gasteiger partial charge in [0.2, 0.25) is 0 Å². The lowest BCUT2D eigenvalue weighted by molar-refractivity contribution is 0.181. The Bertz CT molecular complexity index is 289. The predicted octanol–water partition coefficient (Wildman–Crippen LogP) is 2.60. The zero-order valence-corrected chi connectivity index (χ0v) is 9.94. The second-order valence-corrected chi connectivity index (χ2v) is 4.86. The van der Waals surface area contributed by atoms with Crippen molar-refractivity contribution in [3.63, 3.8) is 0 Å². The van der Waals surface area contributed by atoms with Gasteiger partial charge in [-0.15, -0.1) is 0 Å². The molecule has 0 amide bonds. The molecule has 1 aromatic carbocycles. The van der Waals surface area contributed by atoms with E-state index < -0.39 is 0 Å². The van der Waals surface area contributed by atoms with Crippen LogP contribution in [0.1, 0.15) is 31.2 Å². The third-order valence-corrected chi connectivity index (χ3v) is 3.57. The lowest BCUT2D eigenvalue weighted by Crippen LogP contribution is -2.38. The van der Waals surface area contributed by atoms with Crippen LogP contribution in [0.2, 0.25) is 0 Å². The Hall–Kier alpha value is -0.860. The zero-order valence-electron chi connectivity index (χ0n) is 9.94. The largest absolute Gasteiger partial charge is 0.269 e. The molecule has 1 aliphatic heterocycles. The smallest absolute Gasteiger partial charge is 0.0131 e. The van der Waals surface area contributed by atoms with Crippen LogP contribution in [-0.2, 0) is 6.42 Å². The summed E-state index contributed by atoms with van der Waals surface area (Å²) in [5.41, 5.74) is 1.47. The molecule has 0 aromatic heterocycles. The number of hydrogen-bond donors (Lipinski definition) is 1. The molecule has 1 saturated heterocycles. The average molecular weight is 218 g/mol. The maximum absolute atomic E-state index is 5.75. The van der Waals surface area contributed by atoms with Crippen LogP contribution in [0.5, 0.6) is 0 Å². The minimum Gasteiger partial charge on any atom is -0.269 e. The summed E-state index contributed by atoms with van der Waals surface area (Å²) in [4.78, 5) is 0. The van der Waals surface area contributed by atoms with Gasteiger partial charge in [0.25, 0.3) is 0 Å². The number of hydrazine groups is 1. The van der Waals surface area contributed by atoms with Gasteiger partial charge in [0, 0.05) is 13.1 Å². The molecule has 0 aliphatic carbocycles. The molecule has 2 nitrogen and oxygen atoms in total. The van der Waals surface area contributed by atoms with Crippen molar-refractivity contribution in [2.45, 2.75) is 32.1 Å². The van der Waals surface area contributed by atoms with Crippen LogP contribution in [0, 0.1) is 5.92 Å². The summed E-state index contributed by atoms with van der Waals surface area (Å²) in [5, 5.41) is 1.95. The number of piperidine rings is 1. The third-order valence-electron chi connectivity index (χ3n) is 3.57. The van der Waals surface area contributed by atoms with E-state index >= 15 is 0 Å². The number of hydrogen-bond acceptors (Lipinski definition) is 2. The van der Waals surface area contributed by atoms with E-state index in [1.807, 2.05) is 5.01 Å². The van der Waals surface area contributed by atoms with Crippen LogP contribution in [-0.4, -0.2) is 18.1 Å². The van der Waals surface area contributed by atoms with Crippen molar-refractivity contribution in [3.8, 4) is 0 Å². The van der Waals surface area contributed by atoms with Crippen molar-refractivity contribution in [3.05, 3.63) is 35.9 Å². The van der Waals surface area contributed by atoms with E-state index in [4.69, 9.17) is 5.84 Å². The lowest BCUT2D eigenvalue weighted by Gasteiger charge is -2.28. The summed E-state index contributed by atoms with van der Waals surface area (Å²) in [6.45, 7) is 2.16. The highest BCUT2D eigenvalue weighted by molar-refractivity contribution is 5.14. The summed E-state index contributed by atoms with van der Waals surface area (Å²) >= 11 is 0. The number of rotatable bonds is 4. The first-order valence-corrected chi connectivity index (χ1v) is 6.38. The molecule has 0 radical (unpaired) electrons. The number of nitrogens with zero attached hydrogens (tertiary/aromatic N) is 1. The molecule has 16 heavy (non-hydrogen) atoms. The van der Waals surface area contributed by atoms with Crippen LogP contribution in [0.15, 0.2) is 30.3 Å². The third kappa shape index (κ3) is 3.62. The van der Waals surface area contributed by atoms with Crippen LogP contribution in [0.25, 0.3) is 0 Å². The molecule has 0 spiro atoms. The molecule has 0 atom stereocenters. The molecule has 1 aromatic rings. The Labute approximate surface area is 98.4 Å². The predicted molar refractivity (Wildman–Crippen MR) is 67.9 cm³/mol. The van der Waals surface area contributed by atoms with E-state index in [2.05, 4.69) is 30.3 Å². The quantitative estimate of drug-likeness (QED) is 0.787. The second-order valence-electron chi connectivity index (χ2n) is 4.86. The molecule has 0 saturated carbocycles. The van der Waals surface area contributed by atoms with Crippen molar-refractivity contribution in [2.24, 2.45) is 11.8 Å². The van der Waals surface area contributed by atoms with Gasteiger partial charge in [0.05, 0.1) is 0 Å². The van der Waals surface area contributed by atoms with E-state index in [0.717, 1.165) is 19.0 Å². The first-order valence-electron chi connectivity index (χ1n) is 6.38. The minimum atomic E-state index is 0.906. The molecule has 1 fully saturated rings. The monoisotopic (exact) mass is 218 g/mol. The van der Waals surface area contributed by atoms with Crippen LogP contribution in [0.4, 0.5) is 0 Å². The lowest BCUT2D eigenvalue weighted by atomic mass is 9.91. The molecule has 2 rings (SSSR count). The van der Waals surface area contributed by atoms with Crippen molar-refractivity contribution in [1.82, 2.24) is 5.01 Å². The van der Waals surface area contributed by atoms with Gasteiger partial charge in [-0.05, 0) is 37.2 Å². The molecule has 2 N–H and O–H groups in total. The van der Waals surface area contributed by atoms with Crippen molar-refractivity contribution >= 4 is 0 Å². The van der Waals surface area contributed by atoms with E-state index in [1.165, 1.54) is 37.7 Å². The Kier molecular flexibility index (Phi) is 4.37. The maximum Gasteiger partial charge on any atom is 0.0131 e. The van der Waals surface area contributed by atoms with Crippen LogP contribution < -0.4 is 5.84 Å². The van der Waals surface area contributed by atoms with Crippen molar-refractivity contribution in [2.75, 3.05) is 13.1 Å². The highest BCUT2D eigenvalue weighted by Crippen LogP contribution is 2.21. The van der Waals surface area contributed by atoms with Crippen molar-refractivity contribution in [1.29, 1.82) is 0 Å². The summed E-state index contributed by atoms with van der Waals surface area (Å²) in [7, 11) is 0. The number of nitrogens with two attached hydrogens (primary N) is 1. The topological polar surface area (TPSA) is 29.3 Å². The average Bonchev–Trinajstić information content (AvgIpc) is 2.33. The van der Waals surface area contributed by atoms with E-state index in [9.17, 15) is 0 Å². The van der Waals surface area contributed by atoms with E-state index in [0.29, 0.717) is 0 Å². The first kappa shape index (κ1) is 11.6. The molecule has 88 valence electrons. The zero-order chi connectivity index (χ0) is 11.2. The summed E-state index contributed by atoms with van der Waals surface area (Å²) in [6.07, 6.45) is 6.47. The first-order chi connectivity index (χ1) is 7.84. The fourth-order valence-corrected chi connectivity index (χ4v) is 2.48. The number of benzene rings is 1. The van der Waals surface area contributed by atoms with Crippen molar-refractivity contribution < 1.29 is 0 Å². The number of aryl methyl sites for hydroxylation is 1. The Morgan fingerprint density at radius 3 is 2.50 bits per heavy atom. The molecule has 2 heteroatoms. The van der Waals surface area contributed by atoms with Gasteiger partial charge in [0.1, 0.15) is 0 Å². The summed E-state index contributed by atoms with van der Waals surface area (Å²) < 4.78 is 0. The van der Waals surface area contributed by atoms with E-state index in [-0.39, 0.29) is 0 Å². The molecule has 1 aliphatic rings. The normalized spacial score (nSPS) is 18.8. The van der Waals surface area contributed by atoms with Gasteiger partial charge in [-0.3, -0.25) is 5.84 Å². The highest BCUT2D eigenvalue weighted by atomic mass is 15.4. The second kappa shape index (κ2) is 6.02. The van der Waals surface area contributed by atoms with Gasteiger partial charge < -0.3 is 0 Å². The van der Waals surface area contributed by atoms with Gasteiger partial charge in [-0.2, -0.15) is 0 Å². The maximum atomic E-state index is 5.75. The summed E-state index contributed by atoms with van der Waals surface area (Å²) in [5.74, 6) is 6.66. The SMILES string of the molecule is NN1CCC(CCCc2ccccc2)CC1. The standard InChI is InChI=1S/C14H22N2/c15-16-11-9-14(10-12-16)8-4-7-13-5-2-1-3-6-13/h1-3,5-6,14H,4,7-12,15H2.